The van der Waals surface area contributed by atoms with E-state index >= 15 is 0 Å². The summed E-state index contributed by atoms with van der Waals surface area (Å²) >= 11 is 0. The molecule has 0 aliphatic carbocycles. The summed E-state index contributed by atoms with van der Waals surface area (Å²) in [6, 6.07) is 15.6. The zero-order valence-electron chi connectivity index (χ0n) is 17.6. The third kappa shape index (κ3) is 10.2. The second-order valence-corrected chi connectivity index (χ2v) is 8.39. The topological polar surface area (TPSA) is 103 Å². The highest BCUT2D eigenvalue weighted by Gasteiger charge is 2.38. The van der Waals surface area contributed by atoms with Crippen LogP contribution in [0.4, 0.5) is 13.2 Å². The van der Waals surface area contributed by atoms with Crippen LogP contribution in [0.1, 0.15) is 5.56 Å². The number of carbonyl (C=O) groups is 1. The van der Waals surface area contributed by atoms with Gasteiger partial charge >= 0.3 is 12.1 Å². The summed E-state index contributed by atoms with van der Waals surface area (Å²) in [5.74, 6) is -1.48. The van der Waals surface area contributed by atoms with Crippen molar-refractivity contribution in [2.45, 2.75) is 17.7 Å². The molecule has 0 bridgehead atoms. The van der Waals surface area contributed by atoms with Gasteiger partial charge in [-0.05, 0) is 29.8 Å². The Bertz CT molecular complexity index is 954. The third-order valence-electron chi connectivity index (χ3n) is 4.08. The van der Waals surface area contributed by atoms with E-state index in [1.165, 1.54) is 12.1 Å². The van der Waals surface area contributed by atoms with Crippen LogP contribution in [0.3, 0.4) is 0 Å². The van der Waals surface area contributed by atoms with E-state index < -0.39 is 22.1 Å². The Morgan fingerprint density at radius 1 is 0.848 bits per heavy atom. The SMILES string of the molecule is O=C(NCCOCCOCCNS(=O)(=O)c1ccc(OCc2ccccc2)cc1)C(F)(F)F. The average Bonchev–Trinajstić information content (AvgIpc) is 2.79. The molecule has 12 heteroatoms. The molecule has 2 aromatic carbocycles. The third-order valence-corrected chi connectivity index (χ3v) is 5.56. The number of halogens is 3. The number of hydrogen-bond acceptors (Lipinski definition) is 6. The molecular formula is C21H25F3N2O6S. The maximum absolute atomic E-state index is 12.3. The van der Waals surface area contributed by atoms with E-state index in [2.05, 4.69) is 4.72 Å². The van der Waals surface area contributed by atoms with Crippen LogP contribution in [0.15, 0.2) is 59.5 Å². The fourth-order valence-corrected chi connectivity index (χ4v) is 3.46. The van der Waals surface area contributed by atoms with Gasteiger partial charge in [0.05, 0.1) is 31.3 Å². The summed E-state index contributed by atoms with van der Waals surface area (Å²) in [4.78, 5) is 10.7. The van der Waals surface area contributed by atoms with Crippen molar-refractivity contribution < 1.29 is 40.6 Å². The molecule has 0 aromatic heterocycles. The van der Waals surface area contributed by atoms with Crippen LogP contribution in [0, 0.1) is 0 Å². The molecule has 2 rings (SSSR count). The number of amides is 1. The molecule has 1 amide bonds. The molecule has 0 atom stereocenters. The van der Waals surface area contributed by atoms with Crippen LogP contribution in [-0.2, 0) is 30.9 Å². The molecule has 0 unspecified atom stereocenters. The Kier molecular flexibility index (Phi) is 10.6. The summed E-state index contributed by atoms with van der Waals surface area (Å²) in [7, 11) is -3.72. The fourth-order valence-electron chi connectivity index (χ4n) is 2.45. The predicted octanol–water partition coefficient (Wildman–Crippen LogP) is 2.26. The molecule has 0 radical (unpaired) electrons. The zero-order chi connectivity index (χ0) is 24.2. The van der Waals surface area contributed by atoms with Crippen molar-refractivity contribution >= 4 is 15.9 Å². The van der Waals surface area contributed by atoms with E-state index in [-0.39, 0.29) is 44.4 Å². The van der Waals surface area contributed by atoms with Crippen molar-refractivity contribution in [3.63, 3.8) is 0 Å². The van der Waals surface area contributed by atoms with Gasteiger partial charge in [0.1, 0.15) is 12.4 Å². The van der Waals surface area contributed by atoms with Crippen LogP contribution in [0.2, 0.25) is 0 Å². The molecular weight excluding hydrogens is 465 g/mol. The van der Waals surface area contributed by atoms with Crippen molar-refractivity contribution in [3.05, 3.63) is 60.2 Å². The molecule has 0 spiro atoms. The number of rotatable bonds is 14. The zero-order valence-corrected chi connectivity index (χ0v) is 18.5. The van der Waals surface area contributed by atoms with Crippen molar-refractivity contribution in [2.75, 3.05) is 39.5 Å². The number of alkyl halides is 3. The second-order valence-electron chi connectivity index (χ2n) is 6.62. The lowest BCUT2D eigenvalue weighted by molar-refractivity contribution is -0.173. The Morgan fingerprint density at radius 2 is 1.45 bits per heavy atom. The molecule has 0 heterocycles. The van der Waals surface area contributed by atoms with E-state index in [0.29, 0.717) is 12.4 Å². The highest BCUT2D eigenvalue weighted by atomic mass is 32.2. The van der Waals surface area contributed by atoms with Crippen molar-refractivity contribution in [1.82, 2.24) is 10.0 Å². The smallest absolute Gasteiger partial charge is 0.471 e. The molecule has 2 aromatic rings. The number of hydrogen-bond donors (Lipinski definition) is 2. The standard InChI is InChI=1S/C21H25F3N2O6S/c22-21(23,24)20(27)25-10-12-30-14-15-31-13-11-26-33(28,29)19-8-6-18(7-9-19)32-16-17-4-2-1-3-5-17/h1-9,26H,10-16H2,(H,25,27). The number of nitrogens with one attached hydrogen (secondary N) is 2. The minimum Gasteiger partial charge on any atom is -0.489 e. The Labute approximate surface area is 190 Å². The van der Waals surface area contributed by atoms with E-state index in [1.54, 1.807) is 17.4 Å². The highest BCUT2D eigenvalue weighted by Crippen LogP contribution is 2.17. The Balaban J connectivity index is 1.57. The van der Waals surface area contributed by atoms with Crippen molar-refractivity contribution in [1.29, 1.82) is 0 Å². The summed E-state index contributed by atoms with van der Waals surface area (Å²) in [5.41, 5.74) is 0.995. The van der Waals surface area contributed by atoms with Crippen molar-refractivity contribution in [3.8, 4) is 5.75 Å². The minimum atomic E-state index is -4.92. The highest BCUT2D eigenvalue weighted by molar-refractivity contribution is 7.89. The summed E-state index contributed by atoms with van der Waals surface area (Å²) in [6.45, 7) is 0.273. The molecule has 33 heavy (non-hydrogen) atoms. The van der Waals surface area contributed by atoms with E-state index in [4.69, 9.17) is 14.2 Å². The lowest BCUT2D eigenvalue weighted by atomic mass is 10.2. The maximum atomic E-state index is 12.3. The Hall–Kier alpha value is -2.67. The van der Waals surface area contributed by atoms with Crippen LogP contribution < -0.4 is 14.8 Å². The first-order chi connectivity index (χ1) is 15.7. The predicted molar refractivity (Wildman–Crippen MR) is 113 cm³/mol. The molecule has 182 valence electrons. The molecule has 2 N–H and O–H groups in total. The number of ether oxygens (including phenoxy) is 3. The normalized spacial score (nSPS) is 11.8. The number of benzene rings is 2. The second kappa shape index (κ2) is 13.1. The van der Waals surface area contributed by atoms with E-state index in [0.717, 1.165) is 5.56 Å². The summed E-state index contributed by atoms with van der Waals surface area (Å²) in [5, 5.41) is 1.67. The molecule has 8 nitrogen and oxygen atoms in total. The van der Waals surface area contributed by atoms with Gasteiger partial charge in [-0.25, -0.2) is 13.1 Å². The van der Waals surface area contributed by atoms with Gasteiger partial charge in [0.15, 0.2) is 0 Å². The van der Waals surface area contributed by atoms with Gasteiger partial charge in [-0.3, -0.25) is 4.79 Å². The quantitative estimate of drug-likeness (QED) is 0.394. The maximum Gasteiger partial charge on any atom is 0.471 e. The Morgan fingerprint density at radius 3 is 2.06 bits per heavy atom. The van der Waals surface area contributed by atoms with Crippen LogP contribution in [0.25, 0.3) is 0 Å². The molecule has 0 saturated carbocycles. The van der Waals surface area contributed by atoms with Crippen molar-refractivity contribution in [2.24, 2.45) is 0 Å². The minimum absolute atomic E-state index is 0.0240. The molecule has 0 saturated heterocycles. The number of carbonyl (C=O) groups excluding carboxylic acids is 1. The van der Waals surface area contributed by atoms with Gasteiger partial charge in [-0.15, -0.1) is 0 Å². The van der Waals surface area contributed by atoms with Gasteiger partial charge in [0.25, 0.3) is 0 Å². The molecule has 0 aliphatic heterocycles. The molecule has 0 aliphatic rings. The first-order valence-corrected chi connectivity index (χ1v) is 11.4. The van der Waals surface area contributed by atoms with Gasteiger partial charge < -0.3 is 19.5 Å². The van der Waals surface area contributed by atoms with Gasteiger partial charge in [-0.1, -0.05) is 30.3 Å². The monoisotopic (exact) mass is 490 g/mol. The molecule has 0 fully saturated rings. The van der Waals surface area contributed by atoms with E-state index in [9.17, 15) is 26.4 Å². The van der Waals surface area contributed by atoms with Crippen LogP contribution in [0.5, 0.6) is 5.75 Å². The lowest BCUT2D eigenvalue weighted by Crippen LogP contribution is -2.38. The van der Waals surface area contributed by atoms with Gasteiger partial charge in [-0.2, -0.15) is 13.2 Å². The van der Waals surface area contributed by atoms with E-state index in [1.807, 2.05) is 30.3 Å². The fraction of sp³-hybridized carbons (Fsp3) is 0.381. The first-order valence-electron chi connectivity index (χ1n) is 9.95. The van der Waals surface area contributed by atoms with Crippen LogP contribution in [-0.4, -0.2) is 60.0 Å². The number of sulfonamides is 1. The van der Waals surface area contributed by atoms with Gasteiger partial charge in [0.2, 0.25) is 10.0 Å². The lowest BCUT2D eigenvalue weighted by Gasteiger charge is -2.10. The summed E-state index contributed by atoms with van der Waals surface area (Å²) in [6.07, 6.45) is -4.92. The largest absolute Gasteiger partial charge is 0.489 e. The summed E-state index contributed by atoms with van der Waals surface area (Å²) < 4.78 is 78.8. The average molecular weight is 491 g/mol. The first kappa shape index (κ1) is 26.6. The van der Waals surface area contributed by atoms with Gasteiger partial charge in [0, 0.05) is 13.1 Å². The van der Waals surface area contributed by atoms with Crippen LogP contribution >= 0.6 is 0 Å².